The summed E-state index contributed by atoms with van der Waals surface area (Å²) in [5.41, 5.74) is 1.17. The van der Waals surface area contributed by atoms with Crippen molar-refractivity contribution in [2.75, 3.05) is 7.11 Å². The number of aromatic nitrogens is 1. The lowest BCUT2D eigenvalue weighted by Crippen LogP contribution is -2.18. The SMILES string of the molecule is COc1ccccc1C(C)NCc1nccs1. The number of nitrogens with zero attached hydrogens (tertiary/aromatic N) is 1. The normalized spacial score (nSPS) is 12.4. The summed E-state index contributed by atoms with van der Waals surface area (Å²) < 4.78 is 5.35. The summed E-state index contributed by atoms with van der Waals surface area (Å²) in [5.74, 6) is 0.923. The molecule has 3 nitrogen and oxygen atoms in total. The number of methoxy groups -OCH3 is 1. The van der Waals surface area contributed by atoms with Gasteiger partial charge in [-0.1, -0.05) is 18.2 Å². The Bertz CT molecular complexity index is 456. The number of para-hydroxylation sites is 1. The van der Waals surface area contributed by atoms with E-state index in [9.17, 15) is 0 Å². The van der Waals surface area contributed by atoms with Gasteiger partial charge in [-0.3, -0.25) is 0 Å². The van der Waals surface area contributed by atoms with Crippen LogP contribution in [0.4, 0.5) is 0 Å². The van der Waals surface area contributed by atoms with Crippen molar-refractivity contribution in [3.63, 3.8) is 0 Å². The van der Waals surface area contributed by atoms with Crippen LogP contribution >= 0.6 is 11.3 Å². The largest absolute Gasteiger partial charge is 0.496 e. The number of hydrogen-bond acceptors (Lipinski definition) is 4. The third kappa shape index (κ3) is 3.05. The predicted molar refractivity (Wildman–Crippen MR) is 70.4 cm³/mol. The Balaban J connectivity index is 2.01. The maximum absolute atomic E-state index is 5.35. The Morgan fingerprint density at radius 3 is 2.94 bits per heavy atom. The fraction of sp³-hybridized carbons (Fsp3) is 0.308. The predicted octanol–water partition coefficient (Wildman–Crippen LogP) is 3.00. The zero-order valence-corrected chi connectivity index (χ0v) is 10.8. The minimum absolute atomic E-state index is 0.245. The van der Waals surface area contributed by atoms with Crippen LogP contribution in [0.1, 0.15) is 23.5 Å². The van der Waals surface area contributed by atoms with Crippen molar-refractivity contribution in [3.05, 3.63) is 46.4 Å². The van der Waals surface area contributed by atoms with E-state index in [0.29, 0.717) is 0 Å². The molecule has 0 amide bonds. The Morgan fingerprint density at radius 2 is 2.24 bits per heavy atom. The van der Waals surface area contributed by atoms with E-state index in [4.69, 9.17) is 4.74 Å². The Kier molecular flexibility index (Phi) is 4.12. The van der Waals surface area contributed by atoms with Gasteiger partial charge in [-0.15, -0.1) is 11.3 Å². The van der Waals surface area contributed by atoms with Crippen molar-refractivity contribution >= 4 is 11.3 Å². The molecule has 0 aliphatic carbocycles. The molecule has 2 aromatic rings. The molecule has 1 unspecified atom stereocenters. The van der Waals surface area contributed by atoms with E-state index < -0.39 is 0 Å². The van der Waals surface area contributed by atoms with Gasteiger partial charge in [0, 0.05) is 29.7 Å². The second-order valence-electron chi connectivity index (χ2n) is 3.77. The van der Waals surface area contributed by atoms with Gasteiger partial charge in [0.25, 0.3) is 0 Å². The molecule has 0 saturated heterocycles. The van der Waals surface area contributed by atoms with Crippen LogP contribution in [-0.4, -0.2) is 12.1 Å². The fourth-order valence-corrected chi connectivity index (χ4v) is 2.28. The summed E-state index contributed by atoms with van der Waals surface area (Å²) in [7, 11) is 1.70. The summed E-state index contributed by atoms with van der Waals surface area (Å²) in [6, 6.07) is 8.32. The van der Waals surface area contributed by atoms with Crippen molar-refractivity contribution in [2.45, 2.75) is 19.5 Å². The molecular weight excluding hydrogens is 232 g/mol. The number of benzene rings is 1. The Morgan fingerprint density at radius 1 is 1.41 bits per heavy atom. The molecule has 1 N–H and O–H groups in total. The van der Waals surface area contributed by atoms with Crippen LogP contribution in [0, 0.1) is 0 Å². The van der Waals surface area contributed by atoms with E-state index in [2.05, 4.69) is 23.3 Å². The maximum Gasteiger partial charge on any atom is 0.123 e. The summed E-state index contributed by atoms with van der Waals surface area (Å²) in [4.78, 5) is 4.25. The van der Waals surface area contributed by atoms with Crippen molar-refractivity contribution in [1.29, 1.82) is 0 Å². The first-order valence-electron chi connectivity index (χ1n) is 5.56. The summed E-state index contributed by atoms with van der Waals surface area (Å²) in [6.07, 6.45) is 1.83. The quantitative estimate of drug-likeness (QED) is 0.883. The number of nitrogens with one attached hydrogen (secondary N) is 1. The topological polar surface area (TPSA) is 34.1 Å². The molecular formula is C13H16N2OS. The molecule has 90 valence electrons. The summed E-state index contributed by atoms with van der Waals surface area (Å²) >= 11 is 1.67. The van der Waals surface area contributed by atoms with Gasteiger partial charge < -0.3 is 10.1 Å². The zero-order chi connectivity index (χ0) is 12.1. The van der Waals surface area contributed by atoms with Crippen LogP contribution in [0.15, 0.2) is 35.8 Å². The van der Waals surface area contributed by atoms with E-state index in [0.717, 1.165) is 17.3 Å². The van der Waals surface area contributed by atoms with Gasteiger partial charge in [0.1, 0.15) is 10.8 Å². The van der Waals surface area contributed by atoms with E-state index in [1.165, 1.54) is 5.56 Å². The van der Waals surface area contributed by atoms with Crippen LogP contribution in [-0.2, 0) is 6.54 Å². The van der Waals surface area contributed by atoms with E-state index in [1.807, 2.05) is 29.8 Å². The maximum atomic E-state index is 5.35. The first-order valence-corrected chi connectivity index (χ1v) is 6.44. The van der Waals surface area contributed by atoms with Gasteiger partial charge >= 0.3 is 0 Å². The van der Waals surface area contributed by atoms with Gasteiger partial charge in [0.2, 0.25) is 0 Å². The minimum atomic E-state index is 0.245. The minimum Gasteiger partial charge on any atom is -0.496 e. The molecule has 0 saturated carbocycles. The lowest BCUT2D eigenvalue weighted by Gasteiger charge is -2.16. The van der Waals surface area contributed by atoms with E-state index in [-0.39, 0.29) is 6.04 Å². The molecule has 17 heavy (non-hydrogen) atoms. The molecule has 2 rings (SSSR count). The zero-order valence-electron chi connectivity index (χ0n) is 10.0. The van der Waals surface area contributed by atoms with E-state index >= 15 is 0 Å². The first kappa shape index (κ1) is 12.1. The average Bonchev–Trinajstić information content (AvgIpc) is 2.89. The van der Waals surface area contributed by atoms with Gasteiger partial charge in [-0.2, -0.15) is 0 Å². The summed E-state index contributed by atoms with van der Waals surface area (Å²) in [6.45, 7) is 2.92. The van der Waals surface area contributed by atoms with E-state index in [1.54, 1.807) is 18.4 Å². The number of hydrogen-bond donors (Lipinski definition) is 1. The fourth-order valence-electron chi connectivity index (χ4n) is 1.71. The lowest BCUT2D eigenvalue weighted by atomic mass is 10.1. The van der Waals surface area contributed by atoms with Crippen LogP contribution in [0.5, 0.6) is 5.75 Å². The summed E-state index contributed by atoms with van der Waals surface area (Å²) in [5, 5.41) is 6.54. The van der Waals surface area contributed by atoms with Gasteiger partial charge in [0.15, 0.2) is 0 Å². The smallest absolute Gasteiger partial charge is 0.123 e. The van der Waals surface area contributed by atoms with Crippen molar-refractivity contribution in [1.82, 2.24) is 10.3 Å². The standard InChI is InChI=1S/C13H16N2OS/c1-10(15-9-13-14-7-8-17-13)11-5-3-4-6-12(11)16-2/h3-8,10,15H,9H2,1-2H3. The van der Waals surface area contributed by atoms with Crippen molar-refractivity contribution < 1.29 is 4.74 Å². The highest BCUT2D eigenvalue weighted by atomic mass is 32.1. The van der Waals surface area contributed by atoms with Crippen LogP contribution in [0.2, 0.25) is 0 Å². The molecule has 1 heterocycles. The first-order chi connectivity index (χ1) is 8.31. The lowest BCUT2D eigenvalue weighted by molar-refractivity contribution is 0.401. The molecule has 0 aliphatic rings. The number of ether oxygens (including phenoxy) is 1. The molecule has 0 spiro atoms. The third-order valence-corrected chi connectivity index (χ3v) is 3.43. The van der Waals surface area contributed by atoms with Crippen LogP contribution in [0.25, 0.3) is 0 Å². The second kappa shape index (κ2) is 5.80. The number of rotatable bonds is 5. The third-order valence-electron chi connectivity index (χ3n) is 2.65. The van der Waals surface area contributed by atoms with Gasteiger partial charge in [-0.05, 0) is 13.0 Å². The average molecular weight is 248 g/mol. The highest BCUT2D eigenvalue weighted by Crippen LogP contribution is 2.24. The monoisotopic (exact) mass is 248 g/mol. The Hall–Kier alpha value is -1.39. The van der Waals surface area contributed by atoms with Crippen molar-refractivity contribution in [2.24, 2.45) is 0 Å². The molecule has 0 aliphatic heterocycles. The van der Waals surface area contributed by atoms with Crippen LogP contribution < -0.4 is 10.1 Å². The molecule has 0 bridgehead atoms. The highest BCUT2D eigenvalue weighted by molar-refractivity contribution is 7.09. The van der Waals surface area contributed by atoms with Crippen molar-refractivity contribution in [3.8, 4) is 5.75 Å². The molecule has 4 heteroatoms. The van der Waals surface area contributed by atoms with Crippen LogP contribution in [0.3, 0.4) is 0 Å². The molecule has 1 aromatic heterocycles. The Labute approximate surface area is 105 Å². The molecule has 1 aromatic carbocycles. The molecule has 0 radical (unpaired) electrons. The molecule has 0 fully saturated rings. The number of thiazole rings is 1. The van der Waals surface area contributed by atoms with Gasteiger partial charge in [-0.25, -0.2) is 4.98 Å². The second-order valence-corrected chi connectivity index (χ2v) is 4.75. The highest BCUT2D eigenvalue weighted by Gasteiger charge is 2.10. The van der Waals surface area contributed by atoms with Gasteiger partial charge in [0.05, 0.1) is 7.11 Å². The molecule has 1 atom stereocenters.